The molecule has 1 aromatic heterocycles. The standard InChI is InChI=1S/C13H19NO2Si/c1-15-10-8-12-11(13(9-10)16-2)6-7-14(12)17(3,4)5/h6-9H,1-5H3. The molecule has 0 fully saturated rings. The largest absolute Gasteiger partial charge is 0.497 e. The lowest BCUT2D eigenvalue weighted by Crippen LogP contribution is -2.30. The third-order valence-corrected chi connectivity index (χ3v) is 4.76. The molecule has 2 rings (SSSR count). The van der Waals surface area contributed by atoms with Crippen molar-refractivity contribution in [1.29, 1.82) is 0 Å². The van der Waals surface area contributed by atoms with Crippen LogP contribution in [-0.4, -0.2) is 26.7 Å². The Morgan fingerprint density at radius 2 is 1.76 bits per heavy atom. The fourth-order valence-electron chi connectivity index (χ4n) is 2.06. The van der Waals surface area contributed by atoms with Crippen molar-refractivity contribution in [1.82, 2.24) is 4.23 Å². The average Bonchev–Trinajstić information content (AvgIpc) is 2.70. The van der Waals surface area contributed by atoms with Crippen LogP contribution < -0.4 is 9.47 Å². The van der Waals surface area contributed by atoms with E-state index in [1.807, 2.05) is 6.07 Å². The second kappa shape index (κ2) is 4.11. The molecular weight excluding hydrogens is 230 g/mol. The van der Waals surface area contributed by atoms with E-state index in [4.69, 9.17) is 9.47 Å². The van der Waals surface area contributed by atoms with Crippen molar-refractivity contribution in [3.63, 3.8) is 0 Å². The van der Waals surface area contributed by atoms with E-state index >= 15 is 0 Å². The normalized spacial score (nSPS) is 11.8. The zero-order chi connectivity index (χ0) is 12.6. The average molecular weight is 249 g/mol. The molecule has 17 heavy (non-hydrogen) atoms. The first kappa shape index (κ1) is 12.0. The molecule has 0 saturated heterocycles. The Morgan fingerprint density at radius 1 is 1.06 bits per heavy atom. The summed E-state index contributed by atoms with van der Waals surface area (Å²) in [6.45, 7) is 6.95. The summed E-state index contributed by atoms with van der Waals surface area (Å²) in [4.78, 5) is 0. The minimum Gasteiger partial charge on any atom is -0.497 e. The fraction of sp³-hybridized carbons (Fsp3) is 0.385. The van der Waals surface area contributed by atoms with Crippen molar-refractivity contribution in [3.8, 4) is 11.5 Å². The van der Waals surface area contributed by atoms with Gasteiger partial charge in [0.1, 0.15) is 11.5 Å². The van der Waals surface area contributed by atoms with Gasteiger partial charge in [-0.25, -0.2) is 0 Å². The maximum atomic E-state index is 5.42. The van der Waals surface area contributed by atoms with Gasteiger partial charge >= 0.3 is 0 Å². The highest BCUT2D eigenvalue weighted by Crippen LogP contribution is 2.33. The van der Waals surface area contributed by atoms with Crippen LogP contribution in [0.1, 0.15) is 0 Å². The Morgan fingerprint density at radius 3 is 2.29 bits per heavy atom. The molecule has 0 atom stereocenters. The molecule has 3 nitrogen and oxygen atoms in total. The highest BCUT2D eigenvalue weighted by molar-refractivity contribution is 6.75. The highest BCUT2D eigenvalue weighted by atomic mass is 28.3. The Bertz CT molecular complexity index is 540. The Hall–Kier alpha value is -1.42. The number of hydrogen-bond donors (Lipinski definition) is 0. The van der Waals surface area contributed by atoms with Gasteiger partial charge in [0, 0.05) is 23.0 Å². The number of hydrogen-bond acceptors (Lipinski definition) is 2. The smallest absolute Gasteiger partial charge is 0.152 e. The maximum Gasteiger partial charge on any atom is 0.152 e. The zero-order valence-corrected chi connectivity index (χ0v) is 12.1. The third-order valence-electron chi connectivity index (χ3n) is 2.92. The van der Waals surface area contributed by atoms with Crippen molar-refractivity contribution >= 4 is 19.1 Å². The fourth-order valence-corrected chi connectivity index (χ4v) is 3.48. The highest BCUT2D eigenvalue weighted by Gasteiger charge is 2.19. The molecule has 2 aromatic rings. The van der Waals surface area contributed by atoms with E-state index in [-0.39, 0.29) is 0 Å². The number of aromatic nitrogens is 1. The van der Waals surface area contributed by atoms with Crippen molar-refractivity contribution in [3.05, 3.63) is 24.4 Å². The molecule has 92 valence electrons. The van der Waals surface area contributed by atoms with E-state index < -0.39 is 8.24 Å². The van der Waals surface area contributed by atoms with Crippen LogP contribution in [0.25, 0.3) is 10.9 Å². The molecule has 0 bridgehead atoms. The van der Waals surface area contributed by atoms with Crippen molar-refractivity contribution < 1.29 is 9.47 Å². The molecule has 0 amide bonds. The van der Waals surface area contributed by atoms with Crippen LogP contribution in [0.2, 0.25) is 19.6 Å². The summed E-state index contributed by atoms with van der Waals surface area (Å²) in [5, 5.41) is 1.15. The topological polar surface area (TPSA) is 23.4 Å². The second-order valence-corrected chi connectivity index (χ2v) is 9.94. The molecule has 0 N–H and O–H groups in total. The Kier molecular flexibility index (Phi) is 2.91. The zero-order valence-electron chi connectivity index (χ0n) is 11.1. The van der Waals surface area contributed by atoms with Crippen LogP contribution in [0.15, 0.2) is 24.4 Å². The number of benzene rings is 1. The number of nitrogens with zero attached hydrogens (tertiary/aromatic N) is 1. The molecular formula is C13H19NO2Si. The minimum absolute atomic E-state index is 0.840. The van der Waals surface area contributed by atoms with Crippen LogP contribution in [0.3, 0.4) is 0 Å². The summed E-state index contributed by atoms with van der Waals surface area (Å²) in [7, 11) is 1.97. The molecule has 1 aromatic carbocycles. The summed E-state index contributed by atoms with van der Waals surface area (Å²) >= 11 is 0. The van der Waals surface area contributed by atoms with Crippen LogP contribution in [0.5, 0.6) is 11.5 Å². The van der Waals surface area contributed by atoms with Gasteiger partial charge in [-0.05, 0) is 12.3 Å². The van der Waals surface area contributed by atoms with E-state index in [1.54, 1.807) is 14.2 Å². The molecule has 0 aliphatic heterocycles. The summed E-state index contributed by atoms with van der Waals surface area (Å²) in [5.41, 5.74) is 1.19. The Balaban J connectivity index is 2.75. The number of fused-ring (bicyclic) bond motifs is 1. The number of methoxy groups -OCH3 is 2. The monoisotopic (exact) mass is 249 g/mol. The molecule has 0 saturated carbocycles. The molecule has 1 heterocycles. The number of ether oxygens (including phenoxy) is 2. The van der Waals surface area contributed by atoms with Gasteiger partial charge < -0.3 is 13.7 Å². The lowest BCUT2D eigenvalue weighted by molar-refractivity contribution is 0.398. The summed E-state index contributed by atoms with van der Waals surface area (Å²) in [6.07, 6.45) is 2.15. The summed E-state index contributed by atoms with van der Waals surface area (Å²) in [6, 6.07) is 6.12. The first-order valence-electron chi connectivity index (χ1n) is 5.71. The van der Waals surface area contributed by atoms with Gasteiger partial charge in [0.25, 0.3) is 0 Å². The lowest BCUT2D eigenvalue weighted by Gasteiger charge is -2.20. The van der Waals surface area contributed by atoms with Gasteiger partial charge in [-0.2, -0.15) is 0 Å². The predicted molar refractivity (Wildman–Crippen MR) is 73.8 cm³/mol. The van der Waals surface area contributed by atoms with Gasteiger partial charge in [0.05, 0.1) is 14.2 Å². The molecule has 0 unspecified atom stereocenters. The number of rotatable bonds is 3. The molecule has 0 aliphatic carbocycles. The molecule has 0 spiro atoms. The third kappa shape index (κ3) is 2.05. The van der Waals surface area contributed by atoms with E-state index in [0.29, 0.717) is 0 Å². The van der Waals surface area contributed by atoms with Gasteiger partial charge in [-0.1, -0.05) is 19.6 Å². The van der Waals surface area contributed by atoms with Crippen molar-refractivity contribution in [2.45, 2.75) is 19.6 Å². The quantitative estimate of drug-likeness (QED) is 0.779. The van der Waals surface area contributed by atoms with Crippen LogP contribution in [0, 0.1) is 0 Å². The first-order valence-corrected chi connectivity index (χ1v) is 9.15. The van der Waals surface area contributed by atoms with E-state index in [2.05, 4.69) is 42.2 Å². The van der Waals surface area contributed by atoms with Crippen LogP contribution in [-0.2, 0) is 0 Å². The van der Waals surface area contributed by atoms with E-state index in [1.165, 1.54) is 5.52 Å². The maximum absolute atomic E-state index is 5.42. The van der Waals surface area contributed by atoms with Gasteiger partial charge in [-0.3, -0.25) is 0 Å². The summed E-state index contributed by atoms with van der Waals surface area (Å²) in [5.74, 6) is 1.71. The first-order chi connectivity index (χ1) is 7.97. The van der Waals surface area contributed by atoms with Crippen molar-refractivity contribution in [2.75, 3.05) is 14.2 Å². The lowest BCUT2D eigenvalue weighted by atomic mass is 10.2. The second-order valence-electron chi connectivity index (χ2n) is 5.12. The molecule has 4 heteroatoms. The minimum atomic E-state index is -1.41. The predicted octanol–water partition coefficient (Wildman–Crippen LogP) is 3.34. The van der Waals surface area contributed by atoms with Crippen LogP contribution >= 0.6 is 0 Å². The van der Waals surface area contributed by atoms with E-state index in [9.17, 15) is 0 Å². The van der Waals surface area contributed by atoms with Gasteiger partial charge in [0.2, 0.25) is 0 Å². The van der Waals surface area contributed by atoms with E-state index in [0.717, 1.165) is 16.9 Å². The van der Waals surface area contributed by atoms with Crippen LogP contribution in [0.4, 0.5) is 0 Å². The SMILES string of the molecule is COc1cc(OC)c2ccn([Si](C)(C)C)c2c1. The van der Waals surface area contributed by atoms with Gasteiger partial charge in [0.15, 0.2) is 8.24 Å². The summed E-state index contributed by atoms with van der Waals surface area (Å²) < 4.78 is 13.1. The molecule has 0 aliphatic rings. The Labute approximate surface area is 103 Å². The molecule has 0 radical (unpaired) electrons. The van der Waals surface area contributed by atoms with Gasteiger partial charge in [-0.15, -0.1) is 0 Å². The van der Waals surface area contributed by atoms with Crippen molar-refractivity contribution in [2.24, 2.45) is 0 Å².